The Morgan fingerprint density at radius 2 is 1.72 bits per heavy atom. The van der Waals surface area contributed by atoms with Crippen LogP contribution < -0.4 is 27.4 Å². The zero-order valence-electron chi connectivity index (χ0n) is 14.2. The van der Waals surface area contributed by atoms with Crippen LogP contribution in [0.3, 0.4) is 0 Å². The van der Waals surface area contributed by atoms with Crippen LogP contribution in [0.5, 0.6) is 0 Å². The van der Waals surface area contributed by atoms with Crippen molar-refractivity contribution in [1.82, 2.24) is 16.0 Å². The van der Waals surface area contributed by atoms with E-state index in [4.69, 9.17) is 16.6 Å². The van der Waals surface area contributed by atoms with Crippen LogP contribution in [0.25, 0.3) is 0 Å². The molecule has 3 unspecified atom stereocenters. The van der Waals surface area contributed by atoms with Gasteiger partial charge in [0.1, 0.15) is 18.6 Å². The Kier molecular flexibility index (Phi) is 11.6. The summed E-state index contributed by atoms with van der Waals surface area (Å²) < 4.78 is 0. The molecule has 0 aromatic carbocycles. The molecule has 0 aromatic rings. The van der Waals surface area contributed by atoms with Gasteiger partial charge >= 0.3 is 5.97 Å². The van der Waals surface area contributed by atoms with Crippen molar-refractivity contribution in [2.75, 3.05) is 18.8 Å². The summed E-state index contributed by atoms with van der Waals surface area (Å²) in [5.41, 5.74) is 11.1. The van der Waals surface area contributed by atoms with E-state index in [2.05, 4.69) is 28.6 Å². The lowest BCUT2D eigenvalue weighted by Crippen LogP contribution is -2.56. The van der Waals surface area contributed by atoms with Crippen LogP contribution in [0, 0.1) is 0 Å². The highest BCUT2D eigenvalue weighted by atomic mass is 32.1. The molecule has 0 aromatic heterocycles. The second-order valence-electron chi connectivity index (χ2n) is 5.48. The topological polar surface area (TPSA) is 177 Å². The van der Waals surface area contributed by atoms with Crippen molar-refractivity contribution < 1.29 is 24.3 Å². The van der Waals surface area contributed by atoms with E-state index in [0.717, 1.165) is 6.42 Å². The number of carbonyl (C=O) groups excluding carboxylic acids is 3. The van der Waals surface area contributed by atoms with Gasteiger partial charge in [0.25, 0.3) is 0 Å². The van der Waals surface area contributed by atoms with Crippen molar-refractivity contribution in [3.05, 3.63) is 0 Å². The van der Waals surface area contributed by atoms with Gasteiger partial charge in [-0.3, -0.25) is 19.2 Å². The summed E-state index contributed by atoms with van der Waals surface area (Å²) in [7, 11) is 0. The molecule has 10 nitrogen and oxygen atoms in total. The van der Waals surface area contributed by atoms with Crippen molar-refractivity contribution >= 4 is 36.3 Å². The first-order chi connectivity index (χ1) is 11.7. The van der Waals surface area contributed by atoms with Crippen LogP contribution in [-0.4, -0.2) is 65.8 Å². The van der Waals surface area contributed by atoms with E-state index in [9.17, 15) is 19.2 Å². The summed E-state index contributed by atoms with van der Waals surface area (Å²) >= 11 is 4.01. The van der Waals surface area contributed by atoms with Crippen LogP contribution in [-0.2, 0) is 19.2 Å². The lowest BCUT2D eigenvalue weighted by atomic mass is 10.1. The van der Waals surface area contributed by atoms with Crippen molar-refractivity contribution in [2.24, 2.45) is 11.5 Å². The summed E-state index contributed by atoms with van der Waals surface area (Å²) in [6, 6.07) is -2.70. The number of carboxylic acids is 1. The smallest absolute Gasteiger partial charge is 0.322 e. The minimum absolute atomic E-state index is 0.0105. The first kappa shape index (κ1) is 23.1. The largest absolute Gasteiger partial charge is 0.480 e. The van der Waals surface area contributed by atoms with Gasteiger partial charge in [0, 0.05) is 5.75 Å². The molecule has 0 bridgehead atoms. The minimum atomic E-state index is -1.20. The number of hydrogen-bond donors (Lipinski definition) is 7. The van der Waals surface area contributed by atoms with Gasteiger partial charge in [0.15, 0.2) is 0 Å². The minimum Gasteiger partial charge on any atom is -0.480 e. The van der Waals surface area contributed by atoms with Crippen molar-refractivity contribution in [3.8, 4) is 0 Å². The summed E-state index contributed by atoms with van der Waals surface area (Å²) in [6.07, 6.45) is 1.89. The van der Waals surface area contributed by atoms with E-state index >= 15 is 0 Å². The van der Waals surface area contributed by atoms with Gasteiger partial charge in [-0.2, -0.15) is 12.6 Å². The van der Waals surface area contributed by atoms with Gasteiger partial charge in [-0.15, -0.1) is 0 Å². The second-order valence-corrected chi connectivity index (χ2v) is 5.84. The lowest BCUT2D eigenvalue weighted by molar-refractivity contribution is -0.138. The fourth-order valence-corrected chi connectivity index (χ4v) is 2.07. The van der Waals surface area contributed by atoms with E-state index in [1.54, 1.807) is 0 Å². The van der Waals surface area contributed by atoms with E-state index in [-0.39, 0.29) is 5.75 Å². The first-order valence-electron chi connectivity index (χ1n) is 7.89. The molecule has 8 N–H and O–H groups in total. The Morgan fingerprint density at radius 3 is 2.24 bits per heavy atom. The average Bonchev–Trinajstić information content (AvgIpc) is 2.56. The molecule has 0 aliphatic heterocycles. The third kappa shape index (κ3) is 9.89. The molecule has 144 valence electrons. The Morgan fingerprint density at radius 1 is 1.08 bits per heavy atom. The van der Waals surface area contributed by atoms with Gasteiger partial charge in [-0.1, -0.05) is 6.42 Å². The maximum atomic E-state index is 12.1. The highest BCUT2D eigenvalue weighted by Gasteiger charge is 2.25. The molecule has 0 rings (SSSR count). The summed E-state index contributed by atoms with van der Waals surface area (Å²) in [5, 5.41) is 15.5. The van der Waals surface area contributed by atoms with E-state index in [0.29, 0.717) is 19.4 Å². The summed E-state index contributed by atoms with van der Waals surface area (Å²) in [5.74, 6) is -2.95. The molecule has 0 aliphatic carbocycles. The van der Waals surface area contributed by atoms with Crippen LogP contribution in [0.2, 0.25) is 0 Å². The standard InChI is InChI=1S/C14H27N5O5S/c1-8(12(22)17-6-11(20)21)18-14(24)10(7-25)19-13(23)9(16)4-2-3-5-15/h8-10,25H,2-7,15-16H2,1H3,(H,17,22)(H,18,24)(H,19,23)(H,20,21). The number of thiol groups is 1. The first-order valence-corrected chi connectivity index (χ1v) is 8.52. The fraction of sp³-hybridized carbons (Fsp3) is 0.714. The number of carboxylic acid groups (broad SMARTS) is 1. The Bertz CT molecular complexity index is 477. The number of nitrogens with two attached hydrogens (primary N) is 2. The number of aliphatic carboxylic acids is 1. The van der Waals surface area contributed by atoms with Crippen molar-refractivity contribution in [1.29, 1.82) is 0 Å². The van der Waals surface area contributed by atoms with Crippen LogP contribution in [0.4, 0.5) is 0 Å². The van der Waals surface area contributed by atoms with E-state index in [1.807, 2.05) is 0 Å². The lowest BCUT2D eigenvalue weighted by Gasteiger charge is -2.21. The molecule has 0 aliphatic rings. The van der Waals surface area contributed by atoms with Gasteiger partial charge in [-0.25, -0.2) is 0 Å². The molecule has 11 heteroatoms. The highest BCUT2D eigenvalue weighted by Crippen LogP contribution is 2.00. The highest BCUT2D eigenvalue weighted by molar-refractivity contribution is 7.80. The molecular formula is C14H27N5O5S. The SMILES string of the molecule is CC(NC(=O)C(CS)NC(=O)C(N)CCCCN)C(=O)NCC(=O)O. The number of unbranched alkanes of at least 4 members (excludes halogenated alkanes) is 1. The Hall–Kier alpha value is -1.85. The molecule has 0 heterocycles. The van der Waals surface area contributed by atoms with E-state index in [1.165, 1.54) is 6.92 Å². The number of carbonyl (C=O) groups is 4. The zero-order valence-corrected chi connectivity index (χ0v) is 15.1. The van der Waals surface area contributed by atoms with Gasteiger partial charge in [-0.05, 0) is 26.3 Å². The number of amides is 3. The second kappa shape index (κ2) is 12.5. The summed E-state index contributed by atoms with van der Waals surface area (Å²) in [4.78, 5) is 46.1. The van der Waals surface area contributed by atoms with Crippen LogP contribution in [0.1, 0.15) is 26.2 Å². The maximum absolute atomic E-state index is 12.1. The molecule has 0 spiro atoms. The normalized spacial score (nSPS) is 14.1. The quantitative estimate of drug-likeness (QED) is 0.146. The molecule has 25 heavy (non-hydrogen) atoms. The molecule has 3 amide bonds. The Labute approximate surface area is 151 Å². The van der Waals surface area contributed by atoms with Crippen molar-refractivity contribution in [3.63, 3.8) is 0 Å². The zero-order chi connectivity index (χ0) is 19.4. The number of nitrogens with one attached hydrogen (secondary N) is 3. The Balaban J connectivity index is 4.47. The predicted molar refractivity (Wildman–Crippen MR) is 94.9 cm³/mol. The molecule has 3 atom stereocenters. The van der Waals surface area contributed by atoms with Gasteiger partial charge < -0.3 is 32.5 Å². The number of hydrogen-bond acceptors (Lipinski definition) is 7. The van der Waals surface area contributed by atoms with Crippen molar-refractivity contribution in [2.45, 2.75) is 44.3 Å². The monoisotopic (exact) mass is 377 g/mol. The maximum Gasteiger partial charge on any atom is 0.322 e. The molecule has 0 saturated carbocycles. The molecule has 0 radical (unpaired) electrons. The molecular weight excluding hydrogens is 350 g/mol. The predicted octanol–water partition coefficient (Wildman–Crippen LogP) is -2.44. The fourth-order valence-electron chi connectivity index (χ4n) is 1.81. The van der Waals surface area contributed by atoms with Gasteiger partial charge in [0.05, 0.1) is 6.04 Å². The third-order valence-electron chi connectivity index (χ3n) is 3.29. The van der Waals surface area contributed by atoms with E-state index < -0.39 is 48.4 Å². The average molecular weight is 377 g/mol. The molecule has 0 fully saturated rings. The number of rotatable bonds is 12. The third-order valence-corrected chi connectivity index (χ3v) is 3.65. The van der Waals surface area contributed by atoms with Crippen LogP contribution in [0.15, 0.2) is 0 Å². The van der Waals surface area contributed by atoms with Crippen LogP contribution >= 0.6 is 12.6 Å². The molecule has 0 saturated heterocycles. The van der Waals surface area contributed by atoms with Gasteiger partial charge in [0.2, 0.25) is 17.7 Å². The summed E-state index contributed by atoms with van der Waals surface area (Å²) in [6.45, 7) is 1.35.